The highest BCUT2D eigenvalue weighted by molar-refractivity contribution is 7.07. The quantitative estimate of drug-likeness (QED) is 0.679. The lowest BCUT2D eigenvalue weighted by Crippen LogP contribution is -2.20. The summed E-state index contributed by atoms with van der Waals surface area (Å²) in [6.45, 7) is 3.17. The van der Waals surface area contributed by atoms with Gasteiger partial charge < -0.3 is 10.4 Å². The molecule has 1 aromatic rings. The smallest absolute Gasteiger partial charge is 0.0795 e. The van der Waals surface area contributed by atoms with Gasteiger partial charge in [-0.25, -0.2) is 4.98 Å². The summed E-state index contributed by atoms with van der Waals surface area (Å²) in [5.74, 6) is 0. The molecule has 3 nitrogen and oxygen atoms in total. The minimum atomic E-state index is 0.247. The van der Waals surface area contributed by atoms with Gasteiger partial charge in [-0.05, 0) is 19.9 Å². The lowest BCUT2D eigenvalue weighted by molar-refractivity contribution is 0.284. The number of hydrogen-bond acceptors (Lipinski definition) is 4. The molecule has 0 spiro atoms. The Morgan fingerprint density at radius 3 is 3.17 bits per heavy atom. The second-order valence-corrected chi connectivity index (χ2v) is 3.38. The molecule has 68 valence electrons. The summed E-state index contributed by atoms with van der Waals surface area (Å²) >= 11 is 1.61. The maximum atomic E-state index is 8.56. The van der Waals surface area contributed by atoms with Crippen LogP contribution in [0, 0.1) is 0 Å². The zero-order valence-electron chi connectivity index (χ0n) is 7.16. The van der Waals surface area contributed by atoms with Crippen molar-refractivity contribution in [1.29, 1.82) is 0 Å². The molecule has 1 aromatic heterocycles. The van der Waals surface area contributed by atoms with Crippen molar-refractivity contribution >= 4 is 11.3 Å². The largest absolute Gasteiger partial charge is 0.396 e. The molecule has 1 rings (SSSR count). The Bertz CT molecular complexity index is 201. The number of nitrogens with zero attached hydrogens (tertiary/aromatic N) is 1. The van der Waals surface area contributed by atoms with Crippen molar-refractivity contribution in [3.8, 4) is 0 Å². The Morgan fingerprint density at radius 2 is 2.58 bits per heavy atom. The first-order valence-corrected chi connectivity index (χ1v) is 5.01. The highest BCUT2D eigenvalue weighted by atomic mass is 32.1. The molecule has 0 aliphatic rings. The lowest BCUT2D eigenvalue weighted by Gasteiger charge is -2.09. The second-order valence-electron chi connectivity index (χ2n) is 2.67. The van der Waals surface area contributed by atoms with E-state index >= 15 is 0 Å². The summed E-state index contributed by atoms with van der Waals surface area (Å²) < 4.78 is 0. The van der Waals surface area contributed by atoms with Gasteiger partial charge in [-0.3, -0.25) is 0 Å². The number of aliphatic hydroxyl groups excluding tert-OH is 1. The fourth-order valence-corrected chi connectivity index (χ4v) is 1.59. The molecule has 0 amide bonds. The van der Waals surface area contributed by atoms with Gasteiger partial charge in [0, 0.05) is 18.0 Å². The van der Waals surface area contributed by atoms with Crippen molar-refractivity contribution in [2.24, 2.45) is 0 Å². The topological polar surface area (TPSA) is 45.1 Å². The van der Waals surface area contributed by atoms with Crippen LogP contribution >= 0.6 is 11.3 Å². The minimum Gasteiger partial charge on any atom is -0.396 e. The second kappa shape index (κ2) is 5.24. The zero-order chi connectivity index (χ0) is 8.81. The van der Waals surface area contributed by atoms with E-state index in [4.69, 9.17) is 5.11 Å². The number of aromatic nitrogens is 1. The molecule has 1 atom stereocenters. The van der Waals surface area contributed by atoms with Crippen LogP contribution in [0.25, 0.3) is 0 Å². The molecule has 0 aromatic carbocycles. The van der Waals surface area contributed by atoms with Crippen molar-refractivity contribution in [3.63, 3.8) is 0 Å². The van der Waals surface area contributed by atoms with Crippen molar-refractivity contribution in [3.05, 3.63) is 16.6 Å². The van der Waals surface area contributed by atoms with Gasteiger partial charge in [0.15, 0.2) is 0 Å². The molecule has 0 aliphatic heterocycles. The van der Waals surface area contributed by atoms with E-state index in [9.17, 15) is 0 Å². The van der Waals surface area contributed by atoms with Gasteiger partial charge in [0.05, 0.1) is 11.2 Å². The molecule has 1 unspecified atom stereocenters. The number of aliphatic hydroxyl groups is 1. The normalized spacial score (nSPS) is 13.2. The van der Waals surface area contributed by atoms with E-state index < -0.39 is 0 Å². The molecule has 4 heteroatoms. The third kappa shape index (κ3) is 2.89. The minimum absolute atomic E-state index is 0.247. The first-order chi connectivity index (χ1) is 5.84. The molecule has 0 bridgehead atoms. The van der Waals surface area contributed by atoms with Crippen LogP contribution in [-0.2, 0) is 0 Å². The van der Waals surface area contributed by atoms with Crippen LogP contribution in [0.15, 0.2) is 10.9 Å². The summed E-state index contributed by atoms with van der Waals surface area (Å²) in [7, 11) is 0. The third-order valence-corrected chi connectivity index (χ3v) is 2.29. The van der Waals surface area contributed by atoms with Crippen LogP contribution in [0.5, 0.6) is 0 Å². The average molecular weight is 186 g/mol. The van der Waals surface area contributed by atoms with Gasteiger partial charge in [0.1, 0.15) is 0 Å². The van der Waals surface area contributed by atoms with Crippen molar-refractivity contribution in [2.45, 2.75) is 19.4 Å². The van der Waals surface area contributed by atoms with Crippen LogP contribution < -0.4 is 5.32 Å². The Balaban J connectivity index is 2.25. The molecular weight excluding hydrogens is 172 g/mol. The molecular formula is C8H14N2OS. The van der Waals surface area contributed by atoms with Gasteiger partial charge in [-0.15, -0.1) is 11.3 Å². The number of hydrogen-bond donors (Lipinski definition) is 2. The predicted octanol–water partition coefficient (Wildman–Crippen LogP) is 1.18. The fraction of sp³-hybridized carbons (Fsp3) is 0.625. The first kappa shape index (κ1) is 9.64. The van der Waals surface area contributed by atoms with Gasteiger partial charge in [-0.1, -0.05) is 0 Å². The number of thiazole rings is 1. The Labute approximate surface area is 76.5 Å². The van der Waals surface area contributed by atoms with Crippen molar-refractivity contribution < 1.29 is 5.11 Å². The van der Waals surface area contributed by atoms with Gasteiger partial charge in [0.25, 0.3) is 0 Å². The van der Waals surface area contributed by atoms with E-state index in [0.717, 1.165) is 18.7 Å². The number of rotatable bonds is 5. The van der Waals surface area contributed by atoms with Gasteiger partial charge >= 0.3 is 0 Å². The van der Waals surface area contributed by atoms with Crippen LogP contribution in [0.1, 0.15) is 25.1 Å². The Hall–Kier alpha value is -0.450. The molecule has 2 N–H and O–H groups in total. The van der Waals surface area contributed by atoms with E-state index in [2.05, 4.69) is 17.2 Å². The van der Waals surface area contributed by atoms with E-state index in [1.165, 1.54) is 0 Å². The Morgan fingerprint density at radius 1 is 1.75 bits per heavy atom. The summed E-state index contributed by atoms with van der Waals surface area (Å²) in [5.41, 5.74) is 2.91. The molecule has 0 saturated heterocycles. The molecule has 0 radical (unpaired) electrons. The highest BCUT2D eigenvalue weighted by Crippen LogP contribution is 2.11. The molecule has 0 saturated carbocycles. The maximum absolute atomic E-state index is 8.56. The van der Waals surface area contributed by atoms with Crippen LogP contribution in [0.4, 0.5) is 0 Å². The summed E-state index contributed by atoms with van der Waals surface area (Å²) in [6.07, 6.45) is 0.800. The first-order valence-electron chi connectivity index (χ1n) is 4.07. The highest BCUT2D eigenvalue weighted by Gasteiger charge is 2.04. The van der Waals surface area contributed by atoms with Crippen LogP contribution in [0.3, 0.4) is 0 Å². The molecule has 1 heterocycles. The third-order valence-electron chi connectivity index (χ3n) is 1.68. The fourth-order valence-electron chi connectivity index (χ4n) is 0.938. The molecule has 0 aliphatic carbocycles. The van der Waals surface area contributed by atoms with E-state index in [-0.39, 0.29) is 6.61 Å². The molecule has 12 heavy (non-hydrogen) atoms. The maximum Gasteiger partial charge on any atom is 0.0795 e. The monoisotopic (exact) mass is 186 g/mol. The van der Waals surface area contributed by atoms with Crippen molar-refractivity contribution in [2.75, 3.05) is 13.2 Å². The van der Waals surface area contributed by atoms with Crippen LogP contribution in [-0.4, -0.2) is 23.2 Å². The van der Waals surface area contributed by atoms with E-state index in [1.807, 2.05) is 10.9 Å². The summed E-state index contributed by atoms with van der Waals surface area (Å²) in [5, 5.41) is 13.9. The van der Waals surface area contributed by atoms with Gasteiger partial charge in [0.2, 0.25) is 0 Å². The summed E-state index contributed by atoms with van der Waals surface area (Å²) in [6, 6.07) is 0.294. The van der Waals surface area contributed by atoms with E-state index in [0.29, 0.717) is 6.04 Å². The van der Waals surface area contributed by atoms with Crippen molar-refractivity contribution in [1.82, 2.24) is 10.3 Å². The zero-order valence-corrected chi connectivity index (χ0v) is 7.97. The molecule has 0 fully saturated rings. The predicted molar refractivity (Wildman–Crippen MR) is 50.2 cm³/mol. The Kier molecular flexibility index (Phi) is 4.21. The van der Waals surface area contributed by atoms with Gasteiger partial charge in [-0.2, -0.15) is 0 Å². The van der Waals surface area contributed by atoms with E-state index in [1.54, 1.807) is 11.3 Å². The standard InChI is InChI=1S/C8H14N2OS/c1-7(9-3-2-4-11)8-5-12-6-10-8/h5-7,9,11H,2-4H2,1H3. The SMILES string of the molecule is CC(NCCCO)c1cscn1. The lowest BCUT2D eigenvalue weighted by atomic mass is 10.2. The van der Waals surface area contributed by atoms with Crippen LogP contribution in [0.2, 0.25) is 0 Å². The average Bonchev–Trinajstić information content (AvgIpc) is 2.56. The summed E-state index contributed by atoms with van der Waals surface area (Å²) in [4.78, 5) is 4.19. The number of nitrogens with one attached hydrogen (secondary N) is 1.